The minimum atomic E-state index is -5.01. The number of alkyl halides is 6. The summed E-state index contributed by atoms with van der Waals surface area (Å²) in [6.07, 6.45) is -8.41. The van der Waals surface area contributed by atoms with Crippen molar-refractivity contribution in [1.82, 2.24) is 15.6 Å². The van der Waals surface area contributed by atoms with Crippen molar-refractivity contribution in [2.75, 3.05) is 0 Å². The quantitative estimate of drug-likeness (QED) is 0.406. The molecule has 5 N–H and O–H groups in total. The van der Waals surface area contributed by atoms with Gasteiger partial charge in [0.1, 0.15) is 6.04 Å². The number of urea groups is 1. The Balaban J connectivity index is 1.81. The lowest BCUT2D eigenvalue weighted by Gasteiger charge is -2.18. The van der Waals surface area contributed by atoms with Gasteiger partial charge in [0.05, 0.1) is 11.1 Å². The molecule has 0 radical (unpaired) electrons. The molecule has 33 heavy (non-hydrogen) atoms. The molecule has 3 rings (SSSR count). The van der Waals surface area contributed by atoms with Crippen LogP contribution in [0.2, 0.25) is 0 Å². The monoisotopic (exact) mass is 472 g/mol. The van der Waals surface area contributed by atoms with E-state index in [2.05, 4.69) is 15.6 Å². The molecule has 0 aliphatic rings. The van der Waals surface area contributed by atoms with Gasteiger partial charge < -0.3 is 21.4 Å². The largest absolute Gasteiger partial charge is 0.416 e. The molecule has 0 saturated carbocycles. The van der Waals surface area contributed by atoms with Crippen molar-refractivity contribution >= 4 is 22.8 Å². The standard InChI is InChI=1S/C21H18F6N4O2/c22-20(23,24)13-5-11(6-14(8-13)21(25,26)27)9-30-18(32)17(31-19(28)33)7-12-10-29-16-4-2-1-3-15(12)16/h1-6,8,10,17,29H,7,9H2,(H,30,32)(H3,28,31,33). The predicted octanol–water partition coefficient (Wildman–Crippen LogP) is 4.10. The number of aromatic amines is 1. The minimum Gasteiger partial charge on any atom is -0.361 e. The van der Waals surface area contributed by atoms with Gasteiger partial charge in [-0.25, -0.2) is 4.79 Å². The number of rotatable bonds is 6. The van der Waals surface area contributed by atoms with Crippen LogP contribution in [0.25, 0.3) is 10.9 Å². The summed E-state index contributed by atoms with van der Waals surface area (Å²) in [7, 11) is 0. The maximum Gasteiger partial charge on any atom is 0.416 e. The molecule has 2 aromatic carbocycles. The Hall–Kier alpha value is -3.70. The van der Waals surface area contributed by atoms with E-state index in [1.54, 1.807) is 30.5 Å². The summed E-state index contributed by atoms with van der Waals surface area (Å²) in [5.74, 6) is -0.829. The third-order valence-electron chi connectivity index (χ3n) is 4.85. The molecule has 6 nitrogen and oxygen atoms in total. The first kappa shape index (κ1) is 24.0. The van der Waals surface area contributed by atoms with E-state index in [-0.39, 0.29) is 12.5 Å². The van der Waals surface area contributed by atoms with Crippen molar-refractivity contribution in [1.29, 1.82) is 0 Å². The molecule has 12 heteroatoms. The van der Waals surface area contributed by atoms with E-state index < -0.39 is 53.6 Å². The van der Waals surface area contributed by atoms with Gasteiger partial charge in [0.25, 0.3) is 0 Å². The van der Waals surface area contributed by atoms with E-state index in [1.165, 1.54) is 0 Å². The fraction of sp³-hybridized carbons (Fsp3) is 0.238. The second-order valence-electron chi connectivity index (χ2n) is 7.26. The Bertz CT molecular complexity index is 1140. The molecule has 0 fully saturated rings. The maximum atomic E-state index is 13.0. The second kappa shape index (κ2) is 9.04. The lowest BCUT2D eigenvalue weighted by Crippen LogP contribution is -2.49. The number of para-hydroxylation sites is 1. The van der Waals surface area contributed by atoms with Gasteiger partial charge in [-0.1, -0.05) is 18.2 Å². The van der Waals surface area contributed by atoms with Gasteiger partial charge in [-0.05, 0) is 35.4 Å². The maximum absolute atomic E-state index is 13.0. The topological polar surface area (TPSA) is 100 Å². The highest BCUT2D eigenvalue weighted by Gasteiger charge is 2.37. The fourth-order valence-corrected chi connectivity index (χ4v) is 3.34. The van der Waals surface area contributed by atoms with Gasteiger partial charge in [0.2, 0.25) is 5.91 Å². The number of benzene rings is 2. The number of primary amides is 1. The molecule has 0 spiro atoms. The molecular formula is C21H18F6N4O2. The third kappa shape index (κ3) is 5.96. The lowest BCUT2D eigenvalue weighted by molar-refractivity contribution is -0.143. The van der Waals surface area contributed by atoms with E-state index in [1.807, 2.05) is 0 Å². The van der Waals surface area contributed by atoms with Crippen LogP contribution in [-0.2, 0) is 30.1 Å². The Morgan fingerprint density at radius 2 is 1.58 bits per heavy atom. The van der Waals surface area contributed by atoms with Crippen LogP contribution in [0.3, 0.4) is 0 Å². The van der Waals surface area contributed by atoms with Crippen LogP contribution in [0, 0.1) is 0 Å². The molecule has 1 aromatic heterocycles. The number of carbonyl (C=O) groups is 2. The summed E-state index contributed by atoms with van der Waals surface area (Å²) >= 11 is 0. The van der Waals surface area contributed by atoms with E-state index in [0.717, 1.165) is 10.9 Å². The zero-order valence-corrected chi connectivity index (χ0v) is 16.8. The Labute approximate surface area is 183 Å². The summed E-state index contributed by atoms with van der Waals surface area (Å²) in [5.41, 5.74) is 3.16. The van der Waals surface area contributed by atoms with Crippen LogP contribution in [0.1, 0.15) is 22.3 Å². The van der Waals surface area contributed by atoms with Crippen LogP contribution < -0.4 is 16.4 Å². The molecule has 1 atom stereocenters. The van der Waals surface area contributed by atoms with E-state index in [4.69, 9.17) is 5.73 Å². The first-order valence-corrected chi connectivity index (χ1v) is 9.51. The number of carbonyl (C=O) groups excluding carboxylic acids is 2. The zero-order chi connectivity index (χ0) is 24.4. The molecule has 0 saturated heterocycles. The first-order chi connectivity index (χ1) is 15.3. The smallest absolute Gasteiger partial charge is 0.361 e. The van der Waals surface area contributed by atoms with Gasteiger partial charge in [-0.2, -0.15) is 26.3 Å². The third-order valence-corrected chi connectivity index (χ3v) is 4.85. The molecule has 3 amide bonds. The molecule has 0 aliphatic heterocycles. The van der Waals surface area contributed by atoms with Gasteiger partial charge in [0.15, 0.2) is 0 Å². The highest BCUT2D eigenvalue weighted by atomic mass is 19.4. The van der Waals surface area contributed by atoms with Crippen LogP contribution >= 0.6 is 0 Å². The number of hydrogen-bond donors (Lipinski definition) is 4. The molecular weight excluding hydrogens is 454 g/mol. The average Bonchev–Trinajstić information content (AvgIpc) is 3.12. The molecule has 3 aromatic rings. The summed E-state index contributed by atoms with van der Waals surface area (Å²) < 4.78 is 78.2. The normalized spacial score (nSPS) is 13.0. The van der Waals surface area contributed by atoms with Crippen molar-refractivity contribution in [3.05, 3.63) is 70.9 Å². The van der Waals surface area contributed by atoms with Crippen molar-refractivity contribution in [3.63, 3.8) is 0 Å². The van der Waals surface area contributed by atoms with Crippen LogP contribution in [0.5, 0.6) is 0 Å². The molecule has 1 heterocycles. The highest BCUT2D eigenvalue weighted by molar-refractivity contribution is 5.88. The van der Waals surface area contributed by atoms with Crippen molar-refractivity contribution < 1.29 is 35.9 Å². The van der Waals surface area contributed by atoms with Gasteiger partial charge in [0, 0.05) is 30.1 Å². The Morgan fingerprint density at radius 1 is 0.970 bits per heavy atom. The molecule has 0 bridgehead atoms. The van der Waals surface area contributed by atoms with E-state index in [9.17, 15) is 35.9 Å². The highest BCUT2D eigenvalue weighted by Crippen LogP contribution is 2.36. The SMILES string of the molecule is NC(=O)NC(Cc1c[nH]c2ccccc12)C(=O)NCc1cc(C(F)(F)F)cc(C(F)(F)F)c1. The molecule has 1 unspecified atom stereocenters. The number of halogens is 6. The van der Waals surface area contributed by atoms with Gasteiger partial charge in [-0.15, -0.1) is 0 Å². The van der Waals surface area contributed by atoms with E-state index in [0.29, 0.717) is 17.7 Å². The van der Waals surface area contributed by atoms with Crippen LogP contribution in [0.4, 0.5) is 31.1 Å². The fourth-order valence-electron chi connectivity index (χ4n) is 3.34. The Kier molecular flexibility index (Phi) is 6.56. The van der Waals surface area contributed by atoms with Crippen LogP contribution in [-0.4, -0.2) is 23.0 Å². The van der Waals surface area contributed by atoms with Crippen molar-refractivity contribution in [2.45, 2.75) is 31.4 Å². The summed E-state index contributed by atoms with van der Waals surface area (Å²) in [4.78, 5) is 27.0. The van der Waals surface area contributed by atoms with Crippen LogP contribution in [0.15, 0.2) is 48.7 Å². The molecule has 176 valence electrons. The van der Waals surface area contributed by atoms with Crippen molar-refractivity contribution in [3.8, 4) is 0 Å². The number of hydrogen-bond acceptors (Lipinski definition) is 2. The van der Waals surface area contributed by atoms with Gasteiger partial charge >= 0.3 is 18.4 Å². The number of nitrogens with one attached hydrogen (secondary N) is 3. The summed E-state index contributed by atoms with van der Waals surface area (Å²) in [6.45, 7) is -0.628. The number of fused-ring (bicyclic) bond motifs is 1. The lowest BCUT2D eigenvalue weighted by atomic mass is 10.0. The van der Waals surface area contributed by atoms with Gasteiger partial charge in [-0.3, -0.25) is 4.79 Å². The molecule has 0 aliphatic carbocycles. The second-order valence-corrected chi connectivity index (χ2v) is 7.26. The Morgan fingerprint density at radius 3 is 2.15 bits per heavy atom. The summed E-state index contributed by atoms with van der Waals surface area (Å²) in [6, 6.07) is 5.93. The summed E-state index contributed by atoms with van der Waals surface area (Å²) in [5, 5.41) is 5.28. The number of amides is 3. The average molecular weight is 472 g/mol. The zero-order valence-electron chi connectivity index (χ0n) is 16.8. The van der Waals surface area contributed by atoms with Crippen molar-refractivity contribution in [2.24, 2.45) is 5.73 Å². The number of aromatic nitrogens is 1. The minimum absolute atomic E-state index is 0.000215. The number of nitrogens with two attached hydrogens (primary N) is 1. The van der Waals surface area contributed by atoms with E-state index >= 15 is 0 Å². The predicted molar refractivity (Wildman–Crippen MR) is 107 cm³/mol. The number of H-pyrrole nitrogens is 1. The first-order valence-electron chi connectivity index (χ1n) is 9.51.